The molecule has 16 heavy (non-hydrogen) atoms. The number of carbonyl (C=O) groups excluding carboxylic acids is 2. The Balaban J connectivity index is 3.44. The molecular formula is C11H19NO3Si. The zero-order valence-corrected chi connectivity index (χ0v) is 11.0. The first-order valence-corrected chi connectivity index (χ1v) is 7.02. The summed E-state index contributed by atoms with van der Waals surface area (Å²) in [5.41, 5.74) is 0.493. The van der Waals surface area contributed by atoms with Crippen LogP contribution in [0.25, 0.3) is 0 Å². The van der Waals surface area contributed by atoms with Gasteiger partial charge in [0.2, 0.25) is 0 Å². The SMILES string of the molecule is C=C(C)C(=O)CCOC(=O)NCCC[Si]C. The van der Waals surface area contributed by atoms with Crippen molar-refractivity contribution in [1.29, 1.82) is 0 Å². The molecule has 1 N–H and O–H groups in total. The molecule has 0 aliphatic carbocycles. The molecule has 0 spiro atoms. The first-order valence-electron chi connectivity index (χ1n) is 5.32. The Hall–Kier alpha value is -1.10. The highest BCUT2D eigenvalue weighted by Gasteiger charge is 2.05. The van der Waals surface area contributed by atoms with Gasteiger partial charge >= 0.3 is 6.09 Å². The Morgan fingerprint density at radius 2 is 2.12 bits per heavy atom. The second-order valence-corrected chi connectivity index (χ2v) is 4.68. The molecule has 0 aliphatic rings. The lowest BCUT2D eigenvalue weighted by Gasteiger charge is -2.06. The van der Waals surface area contributed by atoms with Gasteiger partial charge < -0.3 is 10.1 Å². The quantitative estimate of drug-likeness (QED) is 0.400. The fourth-order valence-electron chi connectivity index (χ4n) is 0.956. The normalized spacial score (nSPS) is 9.62. The van der Waals surface area contributed by atoms with E-state index in [0.717, 1.165) is 22.0 Å². The van der Waals surface area contributed by atoms with Crippen molar-refractivity contribution in [2.75, 3.05) is 13.2 Å². The van der Waals surface area contributed by atoms with E-state index in [9.17, 15) is 9.59 Å². The van der Waals surface area contributed by atoms with Crippen LogP contribution in [0.5, 0.6) is 0 Å². The summed E-state index contributed by atoms with van der Waals surface area (Å²) in [5.74, 6) is -0.0695. The highest BCUT2D eigenvalue weighted by molar-refractivity contribution is 6.33. The zero-order valence-electron chi connectivity index (χ0n) is 9.97. The van der Waals surface area contributed by atoms with Crippen molar-refractivity contribution in [3.63, 3.8) is 0 Å². The number of ketones is 1. The van der Waals surface area contributed by atoms with Gasteiger partial charge in [-0.3, -0.25) is 4.79 Å². The van der Waals surface area contributed by atoms with Crippen molar-refractivity contribution in [3.05, 3.63) is 12.2 Å². The first kappa shape index (κ1) is 14.9. The molecule has 0 saturated carbocycles. The largest absolute Gasteiger partial charge is 0.449 e. The minimum Gasteiger partial charge on any atom is -0.449 e. The number of allylic oxidation sites excluding steroid dienone is 1. The van der Waals surface area contributed by atoms with Crippen LogP contribution in [-0.4, -0.2) is 34.5 Å². The minimum absolute atomic E-state index is 0.0695. The molecule has 0 bridgehead atoms. The Morgan fingerprint density at radius 1 is 1.44 bits per heavy atom. The Kier molecular flexibility index (Phi) is 8.52. The molecule has 0 rings (SSSR count). The summed E-state index contributed by atoms with van der Waals surface area (Å²) in [6, 6.07) is 1.12. The third kappa shape index (κ3) is 8.23. The van der Waals surface area contributed by atoms with Crippen LogP contribution < -0.4 is 5.32 Å². The molecule has 90 valence electrons. The van der Waals surface area contributed by atoms with E-state index in [4.69, 9.17) is 4.74 Å². The van der Waals surface area contributed by atoms with Gasteiger partial charge in [-0.1, -0.05) is 19.2 Å². The van der Waals surface area contributed by atoms with Crippen molar-refractivity contribution in [1.82, 2.24) is 5.32 Å². The summed E-state index contributed by atoms with van der Waals surface area (Å²) >= 11 is 0. The van der Waals surface area contributed by atoms with Crippen LogP contribution in [-0.2, 0) is 9.53 Å². The van der Waals surface area contributed by atoms with Gasteiger partial charge in [-0.2, -0.15) is 0 Å². The van der Waals surface area contributed by atoms with Gasteiger partial charge in [-0.25, -0.2) is 4.79 Å². The first-order chi connectivity index (χ1) is 7.57. The highest BCUT2D eigenvalue weighted by Crippen LogP contribution is 1.95. The number of rotatable bonds is 8. The Bertz CT molecular complexity index is 254. The highest BCUT2D eigenvalue weighted by atomic mass is 28.2. The zero-order chi connectivity index (χ0) is 12.4. The Morgan fingerprint density at radius 3 is 2.69 bits per heavy atom. The number of alkyl carbamates (subject to hydrolysis) is 1. The molecule has 0 fully saturated rings. The molecule has 0 aromatic carbocycles. The van der Waals surface area contributed by atoms with E-state index in [2.05, 4.69) is 18.4 Å². The molecule has 2 radical (unpaired) electrons. The third-order valence-electron chi connectivity index (χ3n) is 1.91. The van der Waals surface area contributed by atoms with Crippen molar-refractivity contribution in [2.24, 2.45) is 0 Å². The summed E-state index contributed by atoms with van der Waals surface area (Å²) < 4.78 is 4.83. The molecule has 0 unspecified atom stereocenters. The molecule has 0 atom stereocenters. The van der Waals surface area contributed by atoms with Crippen LogP contribution in [0.15, 0.2) is 12.2 Å². The van der Waals surface area contributed by atoms with Crippen LogP contribution in [0.4, 0.5) is 4.79 Å². The standard InChI is InChI=1S/C11H19NO3Si/c1-9(2)10(13)5-7-15-11(14)12-6-4-8-16-3/h1,4-8H2,2-3H3,(H,12,14). The number of carbonyl (C=O) groups is 2. The molecule has 0 aromatic rings. The van der Waals surface area contributed by atoms with Crippen LogP contribution in [0, 0.1) is 0 Å². The fraction of sp³-hybridized carbons (Fsp3) is 0.636. The summed E-state index contributed by atoms with van der Waals surface area (Å²) in [6.45, 7) is 8.04. The number of nitrogens with one attached hydrogen (secondary N) is 1. The average molecular weight is 241 g/mol. The van der Waals surface area contributed by atoms with E-state index in [-0.39, 0.29) is 18.8 Å². The molecule has 1 amide bonds. The number of amides is 1. The van der Waals surface area contributed by atoms with E-state index in [1.165, 1.54) is 0 Å². The number of ether oxygens (including phenoxy) is 1. The second kappa shape index (κ2) is 9.15. The van der Waals surface area contributed by atoms with E-state index in [1.54, 1.807) is 6.92 Å². The van der Waals surface area contributed by atoms with Gasteiger partial charge in [0.1, 0.15) is 6.61 Å². The van der Waals surface area contributed by atoms with Crippen molar-refractivity contribution in [3.8, 4) is 0 Å². The molecule has 0 heterocycles. The lowest BCUT2D eigenvalue weighted by Crippen LogP contribution is -2.26. The van der Waals surface area contributed by atoms with Crippen LogP contribution in [0.2, 0.25) is 12.6 Å². The van der Waals surface area contributed by atoms with Crippen molar-refractivity contribution in [2.45, 2.75) is 32.4 Å². The second-order valence-electron chi connectivity index (χ2n) is 3.47. The van der Waals surface area contributed by atoms with E-state index in [0.29, 0.717) is 12.1 Å². The summed E-state index contributed by atoms with van der Waals surface area (Å²) in [6.07, 6.45) is 0.724. The maximum Gasteiger partial charge on any atom is 0.407 e. The lowest BCUT2D eigenvalue weighted by atomic mass is 10.2. The van der Waals surface area contributed by atoms with Gasteiger partial charge in [-0.05, 0) is 18.9 Å². The van der Waals surface area contributed by atoms with Gasteiger partial charge in [0.05, 0.1) is 0 Å². The summed E-state index contributed by atoms with van der Waals surface area (Å²) in [4.78, 5) is 22.2. The van der Waals surface area contributed by atoms with Gasteiger partial charge in [-0.15, -0.1) is 0 Å². The summed E-state index contributed by atoms with van der Waals surface area (Å²) in [5, 5.41) is 2.63. The molecule has 0 saturated heterocycles. The van der Waals surface area contributed by atoms with E-state index < -0.39 is 6.09 Å². The molecule has 5 heteroatoms. The average Bonchev–Trinajstić information content (AvgIpc) is 2.24. The topological polar surface area (TPSA) is 55.4 Å². The predicted molar refractivity (Wildman–Crippen MR) is 64.8 cm³/mol. The molecule has 0 aliphatic heterocycles. The van der Waals surface area contributed by atoms with Gasteiger partial charge in [0.15, 0.2) is 5.78 Å². The maximum absolute atomic E-state index is 11.1. The van der Waals surface area contributed by atoms with Crippen LogP contribution in [0.1, 0.15) is 19.8 Å². The fourth-order valence-corrected chi connectivity index (χ4v) is 1.49. The van der Waals surface area contributed by atoms with Gasteiger partial charge in [0.25, 0.3) is 0 Å². The molecule has 4 nitrogen and oxygen atoms in total. The predicted octanol–water partition coefficient (Wildman–Crippen LogP) is 1.81. The molecular weight excluding hydrogens is 222 g/mol. The van der Waals surface area contributed by atoms with E-state index >= 15 is 0 Å². The third-order valence-corrected chi connectivity index (χ3v) is 2.76. The minimum atomic E-state index is -0.450. The monoisotopic (exact) mass is 241 g/mol. The summed E-state index contributed by atoms with van der Waals surface area (Å²) in [7, 11) is 0.909. The number of hydrogen-bond acceptors (Lipinski definition) is 3. The van der Waals surface area contributed by atoms with Crippen LogP contribution >= 0.6 is 0 Å². The Labute approximate surface area is 99.3 Å². The smallest absolute Gasteiger partial charge is 0.407 e. The van der Waals surface area contributed by atoms with E-state index in [1.807, 2.05) is 0 Å². The number of hydrogen-bond donors (Lipinski definition) is 1. The van der Waals surface area contributed by atoms with Gasteiger partial charge in [0, 0.05) is 22.5 Å². The lowest BCUT2D eigenvalue weighted by molar-refractivity contribution is -0.116. The molecule has 0 aromatic heterocycles. The van der Waals surface area contributed by atoms with Crippen molar-refractivity contribution < 1.29 is 14.3 Å². The number of Topliss-reactive ketones (excluding diaryl/α,β-unsaturated/α-hetero) is 1. The van der Waals surface area contributed by atoms with Crippen LogP contribution in [0.3, 0.4) is 0 Å². The van der Waals surface area contributed by atoms with Crippen molar-refractivity contribution >= 4 is 21.4 Å². The maximum atomic E-state index is 11.1.